The second-order valence-electron chi connectivity index (χ2n) is 4.40. The number of nitrogens with zero attached hydrogens (tertiary/aromatic N) is 1. The van der Waals surface area contributed by atoms with Crippen molar-refractivity contribution in [3.05, 3.63) is 0 Å². The molecular formula is C8H17N3O4S2. The van der Waals surface area contributed by atoms with Gasteiger partial charge in [-0.1, -0.05) is 0 Å². The molecule has 0 aromatic carbocycles. The minimum atomic E-state index is -3.75. The second kappa shape index (κ2) is 5.30. The van der Waals surface area contributed by atoms with E-state index in [4.69, 9.17) is 5.26 Å². The zero-order valence-corrected chi connectivity index (χ0v) is 11.8. The Morgan fingerprint density at radius 1 is 1.29 bits per heavy atom. The molecule has 0 fully saturated rings. The average Bonchev–Trinajstić information content (AvgIpc) is 2.10. The molecule has 1 atom stereocenters. The molecule has 0 aromatic heterocycles. The van der Waals surface area contributed by atoms with Crippen molar-refractivity contribution in [2.24, 2.45) is 0 Å². The zero-order chi connectivity index (χ0) is 13.9. The molecule has 0 saturated heterocycles. The number of hydrogen-bond donors (Lipinski definition) is 2. The van der Waals surface area contributed by atoms with E-state index in [-0.39, 0.29) is 6.54 Å². The minimum Gasteiger partial charge on any atom is -0.213 e. The highest BCUT2D eigenvalue weighted by Gasteiger charge is 2.27. The van der Waals surface area contributed by atoms with Gasteiger partial charge in [0, 0.05) is 12.1 Å². The fourth-order valence-corrected chi connectivity index (χ4v) is 3.04. The lowest BCUT2D eigenvalue weighted by atomic mass is 10.1. The summed E-state index contributed by atoms with van der Waals surface area (Å²) in [6.07, 6.45) is 0.987. The van der Waals surface area contributed by atoms with E-state index >= 15 is 0 Å². The Hall–Kier alpha value is -0.690. The molecule has 9 heteroatoms. The maximum atomic E-state index is 11.5. The quantitative estimate of drug-likeness (QED) is 0.658. The monoisotopic (exact) mass is 283 g/mol. The molecule has 0 aliphatic carbocycles. The molecule has 2 N–H and O–H groups in total. The maximum Gasteiger partial charge on any atom is 0.227 e. The molecule has 17 heavy (non-hydrogen) atoms. The van der Waals surface area contributed by atoms with Gasteiger partial charge in [-0.3, -0.25) is 0 Å². The Kier molecular flexibility index (Phi) is 5.09. The van der Waals surface area contributed by atoms with Crippen LogP contribution in [0.2, 0.25) is 0 Å². The molecular weight excluding hydrogens is 266 g/mol. The third-order valence-electron chi connectivity index (χ3n) is 1.82. The molecule has 7 nitrogen and oxygen atoms in total. The van der Waals surface area contributed by atoms with Crippen molar-refractivity contribution in [2.75, 3.05) is 12.8 Å². The molecule has 0 bridgehead atoms. The van der Waals surface area contributed by atoms with Gasteiger partial charge in [-0.05, 0) is 20.8 Å². The molecule has 100 valence electrons. The maximum absolute atomic E-state index is 11.5. The number of nitriles is 1. The third kappa shape index (κ3) is 6.58. The van der Waals surface area contributed by atoms with Crippen LogP contribution in [0, 0.1) is 11.3 Å². The minimum absolute atomic E-state index is 0.131. The van der Waals surface area contributed by atoms with Crippen LogP contribution in [-0.4, -0.2) is 40.4 Å². The molecule has 0 saturated carbocycles. The first-order chi connectivity index (χ1) is 7.40. The summed E-state index contributed by atoms with van der Waals surface area (Å²) in [6.45, 7) is 4.19. The van der Waals surface area contributed by atoms with Gasteiger partial charge < -0.3 is 0 Å². The van der Waals surface area contributed by atoms with E-state index < -0.39 is 30.8 Å². The van der Waals surface area contributed by atoms with Gasteiger partial charge in [0.1, 0.15) is 0 Å². The molecule has 1 unspecified atom stereocenters. The second-order valence-corrected chi connectivity index (χ2v) is 8.23. The van der Waals surface area contributed by atoms with Crippen LogP contribution in [0.4, 0.5) is 0 Å². The van der Waals surface area contributed by atoms with Crippen molar-refractivity contribution in [2.45, 2.75) is 31.6 Å². The highest BCUT2D eigenvalue weighted by Crippen LogP contribution is 2.04. The van der Waals surface area contributed by atoms with E-state index in [2.05, 4.69) is 9.44 Å². The molecule has 0 aliphatic heterocycles. The van der Waals surface area contributed by atoms with E-state index in [1.165, 1.54) is 20.8 Å². The average molecular weight is 283 g/mol. The summed E-state index contributed by atoms with van der Waals surface area (Å²) in [6, 6.07) is 1.60. The van der Waals surface area contributed by atoms with E-state index in [9.17, 15) is 16.8 Å². The number of rotatable bonds is 6. The van der Waals surface area contributed by atoms with Gasteiger partial charge in [0.05, 0.1) is 12.3 Å². The smallest absolute Gasteiger partial charge is 0.213 e. The highest BCUT2D eigenvalue weighted by atomic mass is 32.2. The van der Waals surface area contributed by atoms with Crippen LogP contribution in [0.5, 0.6) is 0 Å². The predicted molar refractivity (Wildman–Crippen MR) is 64.1 cm³/mol. The van der Waals surface area contributed by atoms with Crippen molar-refractivity contribution >= 4 is 20.0 Å². The van der Waals surface area contributed by atoms with Crippen molar-refractivity contribution in [3.8, 4) is 6.07 Å². The van der Waals surface area contributed by atoms with E-state index in [1.807, 2.05) is 0 Å². The Morgan fingerprint density at radius 3 is 2.12 bits per heavy atom. The Bertz CT molecular complexity index is 501. The summed E-state index contributed by atoms with van der Waals surface area (Å²) < 4.78 is 49.5. The summed E-state index contributed by atoms with van der Waals surface area (Å²) in [7, 11) is -7.17. The van der Waals surface area contributed by atoms with Crippen molar-refractivity contribution in [1.82, 2.24) is 9.44 Å². The van der Waals surface area contributed by atoms with Gasteiger partial charge >= 0.3 is 0 Å². The number of hydrogen-bond acceptors (Lipinski definition) is 5. The summed E-state index contributed by atoms with van der Waals surface area (Å²) in [5, 5.41) is 7.32. The molecule has 0 aromatic rings. The highest BCUT2D eigenvalue weighted by molar-refractivity contribution is 7.90. The van der Waals surface area contributed by atoms with Gasteiger partial charge in [-0.15, -0.1) is 0 Å². The van der Waals surface area contributed by atoms with Crippen LogP contribution in [-0.2, 0) is 20.0 Å². The van der Waals surface area contributed by atoms with Crippen LogP contribution >= 0.6 is 0 Å². The van der Waals surface area contributed by atoms with Gasteiger partial charge in [-0.25, -0.2) is 26.3 Å². The van der Waals surface area contributed by atoms with Crippen molar-refractivity contribution in [3.63, 3.8) is 0 Å². The fraction of sp³-hybridized carbons (Fsp3) is 0.875. The summed E-state index contributed by atoms with van der Waals surface area (Å²) in [4.78, 5) is 0. The van der Waals surface area contributed by atoms with Gasteiger partial charge in [0.25, 0.3) is 0 Å². The normalized spacial score (nSPS) is 15.2. The molecule has 0 aliphatic rings. The lowest BCUT2D eigenvalue weighted by Gasteiger charge is -2.25. The molecule has 0 radical (unpaired) electrons. The van der Waals surface area contributed by atoms with Crippen molar-refractivity contribution < 1.29 is 16.8 Å². The lowest BCUT2D eigenvalue weighted by molar-refractivity contribution is 0.445. The predicted octanol–water partition coefficient (Wildman–Crippen LogP) is -0.854. The summed E-state index contributed by atoms with van der Waals surface area (Å²) in [5.74, 6) is 0. The first-order valence-corrected chi connectivity index (χ1v) is 8.20. The summed E-state index contributed by atoms with van der Waals surface area (Å²) >= 11 is 0. The Morgan fingerprint density at radius 2 is 1.76 bits per heavy atom. The topological polar surface area (TPSA) is 116 Å². The van der Waals surface area contributed by atoms with Crippen LogP contribution in [0.15, 0.2) is 0 Å². The van der Waals surface area contributed by atoms with Crippen molar-refractivity contribution in [1.29, 1.82) is 5.26 Å². The van der Waals surface area contributed by atoms with Gasteiger partial charge in [0.2, 0.25) is 20.0 Å². The third-order valence-corrected chi connectivity index (χ3v) is 4.33. The van der Waals surface area contributed by atoms with E-state index in [1.54, 1.807) is 6.07 Å². The van der Waals surface area contributed by atoms with Gasteiger partial charge in [-0.2, -0.15) is 5.26 Å². The molecule has 0 amide bonds. The SMILES string of the molecule is CC(C#N)S(=O)(=O)NCC(C)(C)NS(C)(=O)=O. The van der Waals surface area contributed by atoms with Crippen LogP contribution < -0.4 is 9.44 Å². The lowest BCUT2D eigenvalue weighted by Crippen LogP contribution is -2.51. The largest absolute Gasteiger partial charge is 0.227 e. The fourth-order valence-electron chi connectivity index (χ4n) is 1.01. The summed E-state index contributed by atoms with van der Waals surface area (Å²) in [5.41, 5.74) is -0.962. The van der Waals surface area contributed by atoms with Crippen LogP contribution in [0.25, 0.3) is 0 Å². The molecule has 0 rings (SSSR count). The first kappa shape index (κ1) is 16.3. The number of nitrogens with one attached hydrogen (secondary N) is 2. The molecule has 0 heterocycles. The Balaban J connectivity index is 4.64. The van der Waals surface area contributed by atoms with E-state index in [0.717, 1.165) is 6.26 Å². The van der Waals surface area contributed by atoms with Crippen LogP contribution in [0.3, 0.4) is 0 Å². The first-order valence-electron chi connectivity index (χ1n) is 4.77. The standard InChI is InChI=1S/C8H17N3O4S2/c1-7(5-9)17(14,15)10-6-8(2,3)11-16(4,12)13/h7,10-11H,6H2,1-4H3. The van der Waals surface area contributed by atoms with Gasteiger partial charge in [0.15, 0.2) is 5.25 Å². The van der Waals surface area contributed by atoms with E-state index in [0.29, 0.717) is 0 Å². The zero-order valence-electron chi connectivity index (χ0n) is 10.2. The molecule has 0 spiro atoms. The number of sulfonamides is 2. The Labute approximate surface area is 102 Å². The van der Waals surface area contributed by atoms with Crippen LogP contribution in [0.1, 0.15) is 20.8 Å².